The molecule has 0 fully saturated rings. The Bertz CT molecular complexity index is 1460. The van der Waals surface area contributed by atoms with Crippen molar-refractivity contribution in [2.24, 2.45) is 0 Å². The van der Waals surface area contributed by atoms with Gasteiger partial charge in [0.1, 0.15) is 0 Å². The van der Waals surface area contributed by atoms with Gasteiger partial charge in [-0.3, -0.25) is 0 Å². The fourth-order valence-corrected chi connectivity index (χ4v) is 3.45. The molecule has 7 aromatic rings. The molecule has 0 amide bonds. The van der Waals surface area contributed by atoms with Gasteiger partial charge >= 0.3 is 52.4 Å². The van der Waals surface area contributed by atoms with Gasteiger partial charge in [-0.25, -0.2) is 0 Å². The van der Waals surface area contributed by atoms with E-state index in [0.717, 1.165) is 38.9 Å². The third kappa shape index (κ3) is 38.9. The van der Waals surface area contributed by atoms with Crippen molar-refractivity contribution in [2.45, 2.75) is 6.61 Å². The van der Waals surface area contributed by atoms with Gasteiger partial charge in [0.25, 0.3) is 0 Å². The largest absolute Gasteiger partial charge is 3.00 e. The Labute approximate surface area is 378 Å². The quantitative estimate of drug-likeness (QED) is 0.134. The van der Waals surface area contributed by atoms with Crippen LogP contribution in [0.25, 0.3) is 0 Å². The maximum atomic E-state index is 8.54. The van der Waals surface area contributed by atoms with E-state index in [2.05, 4.69) is 48.1 Å². The SMILES string of the molecule is C=CCO.OCc1ccccc1.[CH2-]c1ccccc1.[CH2-]c1ccccc1.[CH2-]c1ccccc1.[CH2-]c1ccccc1.[CH2-]c1ccccc1.[CH2-]c1ccccc1.[Zr+3].[Zr+3]. The van der Waals surface area contributed by atoms with E-state index >= 15 is 0 Å². The number of aliphatic hydroxyl groups excluding tert-OH is 2. The number of rotatable bonds is 2. The van der Waals surface area contributed by atoms with E-state index in [-0.39, 0.29) is 65.6 Å². The van der Waals surface area contributed by atoms with Crippen LogP contribution < -0.4 is 0 Å². The van der Waals surface area contributed by atoms with Crippen LogP contribution in [0.3, 0.4) is 0 Å². The predicted octanol–water partition coefficient (Wildman–Crippen LogP) is 12.6. The molecule has 7 rings (SSSR count). The first-order chi connectivity index (χ1) is 26.2. The van der Waals surface area contributed by atoms with Gasteiger partial charge in [-0.2, -0.15) is 148 Å². The van der Waals surface area contributed by atoms with Crippen LogP contribution in [-0.4, -0.2) is 16.8 Å². The summed E-state index contributed by atoms with van der Waals surface area (Å²) in [6.45, 7) is 25.8. The van der Waals surface area contributed by atoms with Crippen molar-refractivity contribution in [2.75, 3.05) is 6.61 Å². The minimum Gasteiger partial charge on any atom is -0.392 e. The van der Waals surface area contributed by atoms with E-state index in [4.69, 9.17) is 10.2 Å². The molecule has 4 heteroatoms. The van der Waals surface area contributed by atoms with Crippen LogP contribution in [0.4, 0.5) is 0 Å². The Balaban J connectivity index is -0.000000573. The molecular formula is C52H56O2Zr2. The third-order valence-corrected chi connectivity index (χ3v) is 6.21. The van der Waals surface area contributed by atoms with Crippen molar-refractivity contribution in [3.05, 3.63) is 305 Å². The maximum Gasteiger partial charge on any atom is 3.00 e. The first kappa shape index (κ1) is 55.5. The fourth-order valence-electron chi connectivity index (χ4n) is 3.45. The summed E-state index contributed by atoms with van der Waals surface area (Å²) in [7, 11) is 0. The van der Waals surface area contributed by atoms with Crippen molar-refractivity contribution in [3.8, 4) is 0 Å². The van der Waals surface area contributed by atoms with Gasteiger partial charge < -0.3 is 10.2 Å². The van der Waals surface area contributed by atoms with Crippen LogP contribution in [0.5, 0.6) is 0 Å². The summed E-state index contributed by atoms with van der Waals surface area (Å²) in [6, 6.07) is 68.8. The molecule has 0 unspecified atom stereocenters. The van der Waals surface area contributed by atoms with Crippen LogP contribution in [0.15, 0.2) is 225 Å². The summed E-state index contributed by atoms with van der Waals surface area (Å²) in [5.74, 6) is 0. The molecule has 0 aliphatic carbocycles. The van der Waals surface area contributed by atoms with Crippen molar-refractivity contribution >= 4 is 0 Å². The molecule has 0 saturated carbocycles. The molecule has 2 N–H and O–H groups in total. The number of hydrogen-bond donors (Lipinski definition) is 2. The Hall–Kier alpha value is -4.81. The summed E-state index contributed by atoms with van der Waals surface area (Å²) in [5, 5.41) is 16.3. The Kier molecular flexibility index (Phi) is 41.0. The van der Waals surface area contributed by atoms with Gasteiger partial charge in [0, 0.05) is 0 Å². The van der Waals surface area contributed by atoms with Crippen LogP contribution in [-0.2, 0) is 59.0 Å². The van der Waals surface area contributed by atoms with E-state index in [9.17, 15) is 0 Å². The molecule has 0 aliphatic heterocycles. The monoisotopic (exact) mass is 892 g/mol. The molecule has 0 spiro atoms. The number of hydrogen-bond acceptors (Lipinski definition) is 2. The summed E-state index contributed by atoms with van der Waals surface area (Å²) >= 11 is 0. The molecule has 0 aliphatic rings. The number of aliphatic hydroxyl groups is 2. The van der Waals surface area contributed by atoms with Gasteiger partial charge in [0.2, 0.25) is 0 Å². The second-order valence-electron chi connectivity index (χ2n) is 11.0. The van der Waals surface area contributed by atoms with Crippen LogP contribution >= 0.6 is 0 Å². The number of benzene rings is 7. The molecule has 0 heterocycles. The zero-order valence-electron chi connectivity index (χ0n) is 32.5. The minimum absolute atomic E-state index is 0. The van der Waals surface area contributed by atoms with Crippen LogP contribution in [0, 0.1) is 41.5 Å². The average molecular weight is 895 g/mol. The normalized spacial score (nSPS) is 8.18. The van der Waals surface area contributed by atoms with Crippen molar-refractivity contribution in [1.82, 2.24) is 0 Å². The van der Waals surface area contributed by atoms with Gasteiger partial charge in [0.15, 0.2) is 0 Å². The van der Waals surface area contributed by atoms with E-state index < -0.39 is 0 Å². The second kappa shape index (κ2) is 41.4. The predicted molar refractivity (Wildman–Crippen MR) is 235 cm³/mol. The Morgan fingerprint density at radius 2 is 0.464 bits per heavy atom. The summed E-state index contributed by atoms with van der Waals surface area (Å²) in [6.07, 6.45) is 1.43. The molecule has 2 radical (unpaired) electrons. The molecule has 0 bridgehead atoms. The first-order valence-corrected chi connectivity index (χ1v) is 17.3. The molecular weight excluding hydrogens is 839 g/mol. The van der Waals surface area contributed by atoms with Gasteiger partial charge in [-0.05, 0) is 5.56 Å². The molecule has 284 valence electrons. The van der Waals surface area contributed by atoms with Crippen molar-refractivity contribution < 1.29 is 62.6 Å². The van der Waals surface area contributed by atoms with E-state index in [1.165, 1.54) is 6.08 Å². The fraction of sp³-hybridized carbons (Fsp3) is 0.0385. The van der Waals surface area contributed by atoms with Gasteiger partial charge in [-0.1, -0.05) is 72.8 Å². The van der Waals surface area contributed by atoms with Crippen molar-refractivity contribution in [3.63, 3.8) is 0 Å². The smallest absolute Gasteiger partial charge is 0.392 e. The van der Waals surface area contributed by atoms with E-state index in [1.807, 2.05) is 212 Å². The summed E-state index contributed by atoms with van der Waals surface area (Å²) in [4.78, 5) is 0. The second-order valence-corrected chi connectivity index (χ2v) is 11.0. The molecule has 7 aromatic carbocycles. The standard InChI is InChI=1S/C7H8O.6C7H7.C3H6O.2Zr/c8-6-7-4-2-1-3-5-7;6*1-7-5-3-2-4-6-7;1-2-3-4;;/h1-5,8H,6H2;6*2-6H,1H2;2,4H,1,3H2;;/q;6*-1;;2*+3. The van der Waals surface area contributed by atoms with Gasteiger partial charge in [0.05, 0.1) is 13.2 Å². The molecule has 0 atom stereocenters. The first-order valence-electron chi connectivity index (χ1n) is 17.3. The third-order valence-electron chi connectivity index (χ3n) is 6.21. The minimum atomic E-state index is 0. The topological polar surface area (TPSA) is 40.5 Å². The summed E-state index contributed by atoms with van der Waals surface area (Å²) in [5.41, 5.74) is 7.40. The molecule has 0 saturated heterocycles. The van der Waals surface area contributed by atoms with Crippen molar-refractivity contribution in [1.29, 1.82) is 0 Å². The van der Waals surface area contributed by atoms with E-state index in [0.29, 0.717) is 0 Å². The Morgan fingerprint density at radius 3 is 0.536 bits per heavy atom. The maximum absolute atomic E-state index is 8.54. The van der Waals surface area contributed by atoms with Gasteiger partial charge in [-0.15, -0.1) is 79.4 Å². The van der Waals surface area contributed by atoms with Crippen LogP contribution in [0.1, 0.15) is 38.9 Å². The Morgan fingerprint density at radius 1 is 0.321 bits per heavy atom. The molecule has 0 aromatic heterocycles. The zero-order valence-corrected chi connectivity index (χ0v) is 37.5. The van der Waals surface area contributed by atoms with E-state index in [1.54, 1.807) is 0 Å². The average Bonchev–Trinajstić information content (AvgIpc) is 3.22. The molecule has 2 nitrogen and oxygen atoms in total. The zero-order chi connectivity index (χ0) is 39.9. The summed E-state index contributed by atoms with van der Waals surface area (Å²) < 4.78 is 0. The van der Waals surface area contributed by atoms with Crippen LogP contribution in [0.2, 0.25) is 0 Å². The molecule has 56 heavy (non-hydrogen) atoms.